The standard InChI is InChI=1S/C16H26N4O2/c1-4-19-7-9-20(10-8-19)14-6-5-13(11-18-14)15(12(2)3)22-16(17)21/h5-6,11-12,15H,4,7-10H2,1-3H3,(H2,17,21). The Morgan fingerprint density at radius 3 is 2.45 bits per heavy atom. The first-order chi connectivity index (χ1) is 10.5. The molecule has 0 aromatic carbocycles. The number of carbonyl (C=O) groups is 1. The summed E-state index contributed by atoms with van der Waals surface area (Å²) in [6.45, 7) is 11.4. The summed E-state index contributed by atoms with van der Waals surface area (Å²) < 4.78 is 5.19. The van der Waals surface area contributed by atoms with Crippen molar-refractivity contribution in [3.8, 4) is 0 Å². The van der Waals surface area contributed by atoms with Gasteiger partial charge >= 0.3 is 6.09 Å². The molecular formula is C16H26N4O2. The number of aromatic nitrogens is 1. The number of piperazine rings is 1. The van der Waals surface area contributed by atoms with Crippen LogP contribution in [0, 0.1) is 5.92 Å². The van der Waals surface area contributed by atoms with Crippen LogP contribution < -0.4 is 10.6 Å². The average Bonchev–Trinajstić information content (AvgIpc) is 2.52. The van der Waals surface area contributed by atoms with Crippen LogP contribution in [0.5, 0.6) is 0 Å². The molecule has 0 bridgehead atoms. The van der Waals surface area contributed by atoms with Crippen molar-refractivity contribution >= 4 is 11.9 Å². The molecule has 0 saturated carbocycles. The number of primary amides is 1. The van der Waals surface area contributed by atoms with Crippen LogP contribution in [0.25, 0.3) is 0 Å². The maximum atomic E-state index is 11.0. The maximum absolute atomic E-state index is 11.0. The molecule has 1 unspecified atom stereocenters. The van der Waals surface area contributed by atoms with Crippen LogP contribution >= 0.6 is 0 Å². The number of rotatable bonds is 5. The van der Waals surface area contributed by atoms with E-state index in [2.05, 4.69) is 21.7 Å². The molecule has 1 aliphatic heterocycles. The van der Waals surface area contributed by atoms with Crippen molar-refractivity contribution in [2.75, 3.05) is 37.6 Å². The van der Waals surface area contributed by atoms with Gasteiger partial charge in [-0.25, -0.2) is 9.78 Å². The quantitative estimate of drug-likeness (QED) is 0.901. The normalized spacial score (nSPS) is 17.5. The lowest BCUT2D eigenvalue weighted by atomic mass is 10.0. The zero-order valence-corrected chi connectivity index (χ0v) is 13.7. The van der Waals surface area contributed by atoms with Crippen LogP contribution in [0.15, 0.2) is 18.3 Å². The molecule has 1 amide bonds. The highest BCUT2D eigenvalue weighted by molar-refractivity contribution is 5.65. The maximum Gasteiger partial charge on any atom is 0.405 e. The molecule has 1 aliphatic rings. The molecule has 1 aromatic heterocycles. The smallest absolute Gasteiger partial charge is 0.405 e. The zero-order chi connectivity index (χ0) is 16.1. The van der Waals surface area contributed by atoms with Crippen molar-refractivity contribution in [1.29, 1.82) is 0 Å². The molecular weight excluding hydrogens is 280 g/mol. The minimum absolute atomic E-state index is 0.147. The van der Waals surface area contributed by atoms with Gasteiger partial charge in [0.05, 0.1) is 0 Å². The van der Waals surface area contributed by atoms with E-state index < -0.39 is 6.09 Å². The lowest BCUT2D eigenvalue weighted by molar-refractivity contribution is 0.0782. The summed E-state index contributed by atoms with van der Waals surface area (Å²) in [4.78, 5) is 20.3. The lowest BCUT2D eigenvalue weighted by Gasteiger charge is -2.34. The summed E-state index contributed by atoms with van der Waals surface area (Å²) in [7, 11) is 0. The van der Waals surface area contributed by atoms with Gasteiger partial charge in [-0.15, -0.1) is 0 Å². The summed E-state index contributed by atoms with van der Waals surface area (Å²) in [5.74, 6) is 1.12. The van der Waals surface area contributed by atoms with Gasteiger partial charge in [0.1, 0.15) is 11.9 Å². The van der Waals surface area contributed by atoms with Gasteiger partial charge in [0.2, 0.25) is 0 Å². The van der Waals surface area contributed by atoms with Crippen molar-refractivity contribution in [3.63, 3.8) is 0 Å². The van der Waals surface area contributed by atoms with Gasteiger partial charge in [-0.05, 0) is 18.5 Å². The van der Waals surface area contributed by atoms with Crippen molar-refractivity contribution in [3.05, 3.63) is 23.9 Å². The first-order valence-corrected chi connectivity index (χ1v) is 7.90. The van der Waals surface area contributed by atoms with Crippen LogP contribution in [0.3, 0.4) is 0 Å². The van der Waals surface area contributed by atoms with Gasteiger partial charge in [-0.2, -0.15) is 0 Å². The highest BCUT2D eigenvalue weighted by Crippen LogP contribution is 2.26. The van der Waals surface area contributed by atoms with Gasteiger partial charge in [0, 0.05) is 37.9 Å². The van der Waals surface area contributed by atoms with E-state index in [0.29, 0.717) is 0 Å². The minimum Gasteiger partial charge on any atom is -0.441 e. The summed E-state index contributed by atoms with van der Waals surface area (Å²) in [6.07, 6.45) is 0.684. The Kier molecular flexibility index (Phi) is 5.60. The molecule has 0 radical (unpaired) electrons. The van der Waals surface area contributed by atoms with Gasteiger partial charge in [0.25, 0.3) is 0 Å². The number of nitrogens with two attached hydrogens (primary N) is 1. The average molecular weight is 306 g/mol. The van der Waals surface area contributed by atoms with E-state index in [4.69, 9.17) is 10.5 Å². The zero-order valence-electron chi connectivity index (χ0n) is 13.7. The number of ether oxygens (including phenoxy) is 1. The third-order valence-electron chi connectivity index (χ3n) is 4.09. The molecule has 1 saturated heterocycles. The number of hydrogen-bond donors (Lipinski definition) is 1. The van der Waals surface area contributed by atoms with Crippen molar-refractivity contribution < 1.29 is 9.53 Å². The summed E-state index contributed by atoms with van der Waals surface area (Å²) in [5, 5.41) is 0. The third-order valence-corrected chi connectivity index (χ3v) is 4.09. The molecule has 122 valence electrons. The van der Waals surface area contributed by atoms with E-state index in [1.165, 1.54) is 0 Å². The molecule has 0 spiro atoms. The Bertz CT molecular complexity index is 481. The topological polar surface area (TPSA) is 71.7 Å². The van der Waals surface area contributed by atoms with Crippen LogP contribution in [0.4, 0.5) is 10.6 Å². The van der Waals surface area contributed by atoms with Gasteiger partial charge in [-0.1, -0.05) is 26.8 Å². The largest absolute Gasteiger partial charge is 0.441 e. The number of hydrogen-bond acceptors (Lipinski definition) is 5. The van der Waals surface area contributed by atoms with Gasteiger partial charge < -0.3 is 20.3 Å². The summed E-state index contributed by atoms with van der Waals surface area (Å²) >= 11 is 0. The Balaban J connectivity index is 2.04. The summed E-state index contributed by atoms with van der Waals surface area (Å²) in [6, 6.07) is 3.97. The first-order valence-electron chi connectivity index (χ1n) is 7.90. The number of anilines is 1. The lowest BCUT2D eigenvalue weighted by Crippen LogP contribution is -2.46. The van der Waals surface area contributed by atoms with Crippen molar-refractivity contribution in [2.45, 2.75) is 26.9 Å². The fraction of sp³-hybridized carbons (Fsp3) is 0.625. The fourth-order valence-corrected chi connectivity index (χ4v) is 2.76. The number of carbonyl (C=O) groups excluding carboxylic acids is 1. The Morgan fingerprint density at radius 2 is 2.00 bits per heavy atom. The van der Waals surface area contributed by atoms with Crippen LogP contribution in [0.1, 0.15) is 32.4 Å². The second-order valence-corrected chi connectivity index (χ2v) is 5.97. The second-order valence-electron chi connectivity index (χ2n) is 5.97. The second kappa shape index (κ2) is 7.45. The predicted octanol–water partition coefficient (Wildman–Crippen LogP) is 2.02. The molecule has 0 aliphatic carbocycles. The predicted molar refractivity (Wildman–Crippen MR) is 86.8 cm³/mol. The third kappa shape index (κ3) is 4.10. The first kappa shape index (κ1) is 16.5. The van der Waals surface area contributed by atoms with E-state index in [9.17, 15) is 4.79 Å². The fourth-order valence-electron chi connectivity index (χ4n) is 2.76. The molecule has 22 heavy (non-hydrogen) atoms. The number of pyridine rings is 1. The Hall–Kier alpha value is -1.82. The van der Waals surface area contributed by atoms with Crippen LogP contribution in [-0.2, 0) is 4.74 Å². The van der Waals surface area contributed by atoms with Gasteiger partial charge in [-0.3, -0.25) is 0 Å². The van der Waals surface area contributed by atoms with E-state index in [1.54, 1.807) is 6.20 Å². The molecule has 2 rings (SSSR count). The molecule has 2 heterocycles. The number of amides is 1. The van der Waals surface area contributed by atoms with E-state index in [1.807, 2.05) is 26.0 Å². The van der Waals surface area contributed by atoms with Crippen LogP contribution in [-0.4, -0.2) is 48.7 Å². The summed E-state index contributed by atoms with van der Waals surface area (Å²) in [5.41, 5.74) is 6.03. The van der Waals surface area contributed by atoms with Crippen molar-refractivity contribution in [1.82, 2.24) is 9.88 Å². The monoisotopic (exact) mass is 306 g/mol. The molecule has 1 atom stereocenters. The van der Waals surface area contributed by atoms with Crippen LogP contribution in [0.2, 0.25) is 0 Å². The molecule has 1 fully saturated rings. The number of nitrogens with zero attached hydrogens (tertiary/aromatic N) is 3. The van der Waals surface area contributed by atoms with Gasteiger partial charge in [0.15, 0.2) is 0 Å². The molecule has 2 N–H and O–H groups in total. The molecule has 6 nitrogen and oxygen atoms in total. The minimum atomic E-state index is -0.751. The highest BCUT2D eigenvalue weighted by Gasteiger charge is 2.21. The Labute approximate surface area is 132 Å². The highest BCUT2D eigenvalue weighted by atomic mass is 16.6. The molecule has 6 heteroatoms. The van der Waals surface area contributed by atoms with E-state index in [-0.39, 0.29) is 12.0 Å². The number of likely N-dealkylation sites (N-methyl/N-ethyl adjacent to an activating group) is 1. The SMILES string of the molecule is CCN1CCN(c2ccc(C(OC(N)=O)C(C)C)cn2)CC1. The van der Waals surface area contributed by atoms with E-state index >= 15 is 0 Å². The molecule has 1 aromatic rings. The van der Waals surface area contributed by atoms with Crippen molar-refractivity contribution in [2.24, 2.45) is 11.7 Å². The Morgan fingerprint density at radius 1 is 1.32 bits per heavy atom. The van der Waals surface area contributed by atoms with E-state index in [0.717, 1.165) is 44.1 Å².